The Kier molecular flexibility index (Phi) is 7.19. The second-order valence-corrected chi connectivity index (χ2v) is 6.93. The Morgan fingerprint density at radius 2 is 2.00 bits per heavy atom. The molecule has 3 rings (SSSR count). The number of amides is 1. The van der Waals surface area contributed by atoms with Crippen LogP contribution in [0.2, 0.25) is 0 Å². The van der Waals surface area contributed by atoms with E-state index in [0.29, 0.717) is 6.42 Å². The van der Waals surface area contributed by atoms with Crippen molar-refractivity contribution in [2.24, 2.45) is 0 Å². The molecule has 6 nitrogen and oxygen atoms in total. The van der Waals surface area contributed by atoms with Crippen molar-refractivity contribution in [1.82, 2.24) is 5.32 Å². The quantitative estimate of drug-likeness (QED) is 0.550. The first-order valence-electron chi connectivity index (χ1n) is 9.70. The largest absolute Gasteiger partial charge is 0.464 e. The molecule has 0 saturated carbocycles. The molecule has 0 fully saturated rings. The summed E-state index contributed by atoms with van der Waals surface area (Å²) in [6.45, 7) is 3.24. The summed E-state index contributed by atoms with van der Waals surface area (Å²) in [5.41, 5.74) is 1.01. The predicted molar refractivity (Wildman–Crippen MR) is 108 cm³/mol. The van der Waals surface area contributed by atoms with Crippen molar-refractivity contribution in [3.63, 3.8) is 0 Å². The van der Waals surface area contributed by atoms with E-state index < -0.39 is 30.1 Å². The van der Waals surface area contributed by atoms with E-state index in [9.17, 15) is 14.0 Å². The highest BCUT2D eigenvalue weighted by Crippen LogP contribution is 2.25. The van der Waals surface area contributed by atoms with Gasteiger partial charge >= 0.3 is 5.97 Å². The molecule has 1 aliphatic heterocycles. The van der Waals surface area contributed by atoms with E-state index in [4.69, 9.17) is 14.2 Å². The second-order valence-electron chi connectivity index (χ2n) is 6.93. The van der Waals surface area contributed by atoms with E-state index in [1.807, 2.05) is 43.3 Å². The standard InChI is InChI=1S/C23H24FNO5/c1-15(17-7-4-3-5-8-17)25-23(27)20-13-18(24)11-12-21(20)30-22-10-6-9-19(29-22)14-28-16(2)26/h3-9,11-13,15,19,22H,10,14H2,1-2H3,(H,25,27)/t15-,19?,22?/m0/s1. The van der Waals surface area contributed by atoms with Crippen LogP contribution in [0.25, 0.3) is 0 Å². The number of benzene rings is 2. The van der Waals surface area contributed by atoms with E-state index >= 15 is 0 Å². The van der Waals surface area contributed by atoms with Crippen molar-refractivity contribution in [3.05, 3.63) is 77.6 Å². The fourth-order valence-electron chi connectivity index (χ4n) is 3.03. The van der Waals surface area contributed by atoms with Gasteiger partial charge in [0.2, 0.25) is 6.29 Å². The fraction of sp³-hybridized carbons (Fsp3) is 0.304. The smallest absolute Gasteiger partial charge is 0.302 e. The van der Waals surface area contributed by atoms with E-state index in [1.54, 1.807) is 6.08 Å². The van der Waals surface area contributed by atoms with Crippen molar-refractivity contribution in [1.29, 1.82) is 0 Å². The molecule has 0 aromatic heterocycles. The van der Waals surface area contributed by atoms with Crippen LogP contribution in [0.3, 0.4) is 0 Å². The first-order chi connectivity index (χ1) is 14.4. The second kappa shape index (κ2) is 10.0. The Bertz CT molecular complexity index is 915. The lowest BCUT2D eigenvalue weighted by Crippen LogP contribution is -2.33. The highest BCUT2D eigenvalue weighted by molar-refractivity contribution is 5.97. The normalized spacial score (nSPS) is 19.0. The molecular weight excluding hydrogens is 389 g/mol. The Morgan fingerprint density at radius 1 is 1.23 bits per heavy atom. The Labute approximate surface area is 174 Å². The first-order valence-corrected chi connectivity index (χ1v) is 9.70. The van der Waals surface area contributed by atoms with E-state index in [1.165, 1.54) is 19.1 Å². The van der Waals surface area contributed by atoms with Crippen LogP contribution in [0.15, 0.2) is 60.7 Å². The number of carbonyl (C=O) groups is 2. The van der Waals surface area contributed by atoms with Crippen LogP contribution >= 0.6 is 0 Å². The Balaban J connectivity index is 1.70. The van der Waals surface area contributed by atoms with Gasteiger partial charge in [-0.1, -0.05) is 42.5 Å². The molecule has 0 saturated heterocycles. The van der Waals surface area contributed by atoms with E-state index in [-0.39, 0.29) is 24.0 Å². The molecule has 0 aliphatic carbocycles. The molecule has 1 amide bonds. The molecule has 1 heterocycles. The molecule has 0 spiro atoms. The average molecular weight is 413 g/mol. The first kappa shape index (κ1) is 21.5. The Hall–Kier alpha value is -3.19. The van der Waals surface area contributed by atoms with Crippen LogP contribution in [-0.4, -0.2) is 30.9 Å². The molecule has 7 heteroatoms. The molecule has 2 aromatic rings. The van der Waals surface area contributed by atoms with Gasteiger partial charge in [0, 0.05) is 13.3 Å². The molecule has 30 heavy (non-hydrogen) atoms. The minimum atomic E-state index is -0.695. The third kappa shape index (κ3) is 5.90. The minimum Gasteiger partial charge on any atom is -0.464 e. The number of halogens is 1. The molecular formula is C23H24FNO5. The van der Waals surface area contributed by atoms with Crippen molar-refractivity contribution in [3.8, 4) is 5.75 Å². The molecule has 3 atom stereocenters. The zero-order chi connectivity index (χ0) is 21.5. The van der Waals surface area contributed by atoms with Gasteiger partial charge in [-0.3, -0.25) is 9.59 Å². The third-order valence-corrected chi connectivity index (χ3v) is 4.55. The zero-order valence-corrected chi connectivity index (χ0v) is 16.8. The average Bonchev–Trinajstić information content (AvgIpc) is 2.74. The molecule has 2 aromatic carbocycles. The summed E-state index contributed by atoms with van der Waals surface area (Å²) in [7, 11) is 0. The number of esters is 1. The highest BCUT2D eigenvalue weighted by Gasteiger charge is 2.24. The summed E-state index contributed by atoms with van der Waals surface area (Å²) in [5.74, 6) is -1.19. The topological polar surface area (TPSA) is 73.9 Å². The fourth-order valence-corrected chi connectivity index (χ4v) is 3.03. The van der Waals surface area contributed by atoms with Crippen LogP contribution in [0, 0.1) is 5.82 Å². The van der Waals surface area contributed by atoms with Crippen molar-refractivity contribution >= 4 is 11.9 Å². The van der Waals surface area contributed by atoms with Crippen molar-refractivity contribution < 1.29 is 28.2 Å². The Morgan fingerprint density at radius 3 is 2.73 bits per heavy atom. The van der Waals surface area contributed by atoms with E-state index in [2.05, 4.69) is 5.32 Å². The van der Waals surface area contributed by atoms with Gasteiger partial charge in [-0.15, -0.1) is 0 Å². The third-order valence-electron chi connectivity index (χ3n) is 4.55. The summed E-state index contributed by atoms with van der Waals surface area (Å²) < 4.78 is 30.4. The summed E-state index contributed by atoms with van der Waals surface area (Å²) in [6.07, 6.45) is 2.92. The number of hydrogen-bond donors (Lipinski definition) is 1. The van der Waals surface area contributed by atoms with Crippen LogP contribution < -0.4 is 10.1 Å². The molecule has 2 unspecified atom stereocenters. The zero-order valence-electron chi connectivity index (χ0n) is 16.8. The summed E-state index contributed by atoms with van der Waals surface area (Å²) in [4.78, 5) is 23.8. The highest BCUT2D eigenvalue weighted by atomic mass is 19.1. The van der Waals surface area contributed by atoms with Crippen LogP contribution in [-0.2, 0) is 14.3 Å². The molecule has 0 bridgehead atoms. The van der Waals surface area contributed by atoms with Gasteiger partial charge in [0.25, 0.3) is 5.91 Å². The molecule has 0 radical (unpaired) electrons. The van der Waals surface area contributed by atoms with Gasteiger partial charge in [0.1, 0.15) is 24.3 Å². The predicted octanol–water partition coefficient (Wildman–Crippen LogP) is 3.93. The number of rotatable bonds is 7. The van der Waals surface area contributed by atoms with Gasteiger partial charge in [0.15, 0.2) is 0 Å². The maximum absolute atomic E-state index is 13.9. The number of carbonyl (C=O) groups excluding carboxylic acids is 2. The van der Waals surface area contributed by atoms with Crippen LogP contribution in [0.5, 0.6) is 5.75 Å². The number of ether oxygens (including phenoxy) is 3. The van der Waals surface area contributed by atoms with Gasteiger partial charge in [-0.05, 0) is 30.7 Å². The van der Waals surface area contributed by atoms with Gasteiger partial charge in [0.05, 0.1) is 11.6 Å². The maximum atomic E-state index is 13.9. The van der Waals surface area contributed by atoms with Crippen LogP contribution in [0.4, 0.5) is 4.39 Å². The summed E-state index contributed by atoms with van der Waals surface area (Å²) in [5, 5.41) is 2.86. The lowest BCUT2D eigenvalue weighted by molar-refractivity contribution is -0.154. The van der Waals surface area contributed by atoms with Crippen molar-refractivity contribution in [2.45, 2.75) is 38.7 Å². The van der Waals surface area contributed by atoms with Crippen molar-refractivity contribution in [2.75, 3.05) is 6.61 Å². The molecule has 1 aliphatic rings. The lowest BCUT2D eigenvalue weighted by atomic mass is 10.1. The molecule has 158 valence electrons. The minimum absolute atomic E-state index is 0.0665. The number of nitrogens with one attached hydrogen (secondary N) is 1. The van der Waals surface area contributed by atoms with Crippen LogP contribution in [0.1, 0.15) is 42.2 Å². The summed E-state index contributed by atoms with van der Waals surface area (Å²) in [6, 6.07) is 13.0. The lowest BCUT2D eigenvalue weighted by Gasteiger charge is -2.27. The van der Waals surface area contributed by atoms with Gasteiger partial charge in [-0.25, -0.2) is 4.39 Å². The molecule has 1 N–H and O–H groups in total. The maximum Gasteiger partial charge on any atom is 0.302 e. The summed E-state index contributed by atoms with van der Waals surface area (Å²) >= 11 is 0. The van der Waals surface area contributed by atoms with Gasteiger partial charge in [-0.2, -0.15) is 0 Å². The monoisotopic (exact) mass is 413 g/mol. The number of hydrogen-bond acceptors (Lipinski definition) is 5. The van der Waals surface area contributed by atoms with E-state index in [0.717, 1.165) is 11.6 Å². The SMILES string of the molecule is CC(=O)OCC1C=CCC(Oc2ccc(F)cc2C(=O)N[C@@H](C)c2ccccc2)O1. The van der Waals surface area contributed by atoms with Gasteiger partial charge < -0.3 is 19.5 Å².